The summed E-state index contributed by atoms with van der Waals surface area (Å²) < 4.78 is 1.58. The molecule has 0 spiro atoms. The monoisotopic (exact) mass is 471 g/mol. The molecule has 1 aromatic carbocycles. The number of aryl methyl sites for hydroxylation is 1. The summed E-state index contributed by atoms with van der Waals surface area (Å²) in [4.78, 5) is 25.2. The number of anilines is 1. The summed E-state index contributed by atoms with van der Waals surface area (Å²) in [5.41, 5.74) is 4.19. The lowest BCUT2D eigenvalue weighted by atomic mass is 9.80. The Hall–Kier alpha value is -3.66. The first-order valence-corrected chi connectivity index (χ1v) is 12.1. The number of fused-ring (bicyclic) bond motifs is 1. The standard InChI is InChI=1S/C28H33N5O2/c1-28(2,3)35-31-26(19-9-7-6-8-10-19)20-11-14-22(15-12-20)32(4)24-17-25(34)33(5)23-16-13-21(18-29)30-27(23)24/h6-10,13,16-17,20,22H,11-12,14-15H2,1-5H3/b31-26+/t20-,22-. The summed E-state index contributed by atoms with van der Waals surface area (Å²) in [6.45, 7) is 6.02. The topological polar surface area (TPSA) is 83.5 Å². The first kappa shape index (κ1) is 24.5. The number of nitriles is 1. The normalized spacial score (nSPS) is 18.8. The summed E-state index contributed by atoms with van der Waals surface area (Å²) in [5, 5.41) is 14.0. The molecule has 0 saturated heterocycles. The Morgan fingerprint density at radius 2 is 1.83 bits per heavy atom. The molecule has 2 aromatic heterocycles. The maximum Gasteiger partial charge on any atom is 0.252 e. The number of benzene rings is 1. The fourth-order valence-electron chi connectivity index (χ4n) is 4.73. The molecule has 2 heterocycles. The first-order chi connectivity index (χ1) is 16.7. The Bertz CT molecular complexity index is 1320. The Kier molecular flexibility index (Phi) is 6.93. The van der Waals surface area contributed by atoms with Crippen LogP contribution in [0.1, 0.15) is 57.7 Å². The van der Waals surface area contributed by atoms with E-state index in [1.54, 1.807) is 29.8 Å². The maximum absolute atomic E-state index is 12.7. The van der Waals surface area contributed by atoms with Crippen molar-refractivity contribution >= 4 is 22.4 Å². The van der Waals surface area contributed by atoms with Gasteiger partial charge in [0, 0.05) is 32.1 Å². The lowest BCUT2D eigenvalue weighted by molar-refractivity contribution is -0.0000286. The Balaban J connectivity index is 1.59. The highest BCUT2D eigenvalue weighted by Gasteiger charge is 2.30. The van der Waals surface area contributed by atoms with Crippen LogP contribution < -0.4 is 10.5 Å². The summed E-state index contributed by atoms with van der Waals surface area (Å²) in [7, 11) is 3.76. The third kappa shape index (κ3) is 5.37. The smallest absolute Gasteiger partial charge is 0.252 e. The van der Waals surface area contributed by atoms with Crippen LogP contribution in [0.25, 0.3) is 11.0 Å². The summed E-state index contributed by atoms with van der Waals surface area (Å²) in [6.07, 6.45) is 3.85. The van der Waals surface area contributed by atoms with Gasteiger partial charge in [-0.2, -0.15) is 5.26 Å². The van der Waals surface area contributed by atoms with Crippen molar-refractivity contribution in [1.29, 1.82) is 5.26 Å². The lowest BCUT2D eigenvalue weighted by Gasteiger charge is -2.36. The van der Waals surface area contributed by atoms with Gasteiger partial charge in [0.15, 0.2) is 0 Å². The molecule has 0 aliphatic heterocycles. The van der Waals surface area contributed by atoms with Gasteiger partial charge in [-0.15, -0.1) is 0 Å². The number of aromatic nitrogens is 2. The highest BCUT2D eigenvalue weighted by molar-refractivity contribution is 6.02. The van der Waals surface area contributed by atoms with Crippen LogP contribution in [0.15, 0.2) is 58.5 Å². The van der Waals surface area contributed by atoms with Gasteiger partial charge >= 0.3 is 0 Å². The minimum Gasteiger partial charge on any atom is -0.390 e. The molecule has 35 heavy (non-hydrogen) atoms. The zero-order valence-corrected chi connectivity index (χ0v) is 21.2. The molecule has 182 valence electrons. The Morgan fingerprint density at radius 3 is 2.46 bits per heavy atom. The van der Waals surface area contributed by atoms with Crippen LogP contribution in [0, 0.1) is 17.2 Å². The minimum atomic E-state index is -0.354. The number of hydrogen-bond donors (Lipinski definition) is 0. The van der Waals surface area contributed by atoms with E-state index in [9.17, 15) is 10.1 Å². The van der Waals surface area contributed by atoms with E-state index in [4.69, 9.17) is 4.84 Å². The third-order valence-electron chi connectivity index (χ3n) is 6.68. The summed E-state index contributed by atoms with van der Waals surface area (Å²) in [6, 6.07) is 17.7. The van der Waals surface area contributed by atoms with Crippen LogP contribution in [-0.4, -0.2) is 34.0 Å². The molecule has 7 nitrogen and oxygen atoms in total. The molecular weight excluding hydrogens is 438 g/mol. The number of hydrogen-bond acceptors (Lipinski definition) is 6. The van der Waals surface area contributed by atoms with Gasteiger partial charge in [-0.25, -0.2) is 4.98 Å². The summed E-state index contributed by atoms with van der Waals surface area (Å²) in [5.74, 6) is 0.299. The minimum absolute atomic E-state index is 0.0858. The Morgan fingerprint density at radius 1 is 1.14 bits per heavy atom. The van der Waals surface area contributed by atoms with E-state index in [2.05, 4.69) is 33.2 Å². The van der Waals surface area contributed by atoms with Gasteiger partial charge in [-0.1, -0.05) is 35.5 Å². The van der Waals surface area contributed by atoms with Crippen molar-refractivity contribution in [2.45, 2.75) is 58.1 Å². The van der Waals surface area contributed by atoms with E-state index in [0.717, 1.165) is 48.2 Å². The molecule has 7 heteroatoms. The quantitative estimate of drug-likeness (QED) is 0.385. The van der Waals surface area contributed by atoms with Gasteiger partial charge in [0.2, 0.25) is 0 Å². The van der Waals surface area contributed by atoms with Gasteiger partial charge in [-0.05, 0) is 64.2 Å². The summed E-state index contributed by atoms with van der Waals surface area (Å²) >= 11 is 0. The number of oxime groups is 1. The van der Waals surface area contributed by atoms with Crippen LogP contribution in [0.2, 0.25) is 0 Å². The zero-order chi connectivity index (χ0) is 25.2. The molecular formula is C28H33N5O2. The third-order valence-corrected chi connectivity index (χ3v) is 6.68. The molecule has 0 radical (unpaired) electrons. The van der Waals surface area contributed by atoms with Crippen LogP contribution in [0.3, 0.4) is 0 Å². The molecule has 3 aromatic rings. The predicted octanol–water partition coefficient (Wildman–Crippen LogP) is 5.02. The van der Waals surface area contributed by atoms with Gasteiger partial charge < -0.3 is 14.3 Å². The fourth-order valence-corrected chi connectivity index (χ4v) is 4.73. The first-order valence-electron chi connectivity index (χ1n) is 12.1. The van der Waals surface area contributed by atoms with Crippen LogP contribution >= 0.6 is 0 Å². The molecule has 1 fully saturated rings. The lowest BCUT2D eigenvalue weighted by Crippen LogP contribution is -2.38. The second kappa shape index (κ2) is 9.91. The van der Waals surface area contributed by atoms with E-state index >= 15 is 0 Å². The van der Waals surface area contributed by atoms with Gasteiger partial charge in [-0.3, -0.25) is 4.79 Å². The maximum atomic E-state index is 12.7. The van der Waals surface area contributed by atoms with E-state index in [1.807, 2.05) is 46.0 Å². The second-order valence-corrected chi connectivity index (χ2v) is 10.3. The SMILES string of the molecule is Cn1c(=O)cc(N(C)[C@H]2CC[C@H](/C(=N/OC(C)(C)C)c3ccccc3)CC2)c2nc(C#N)ccc21. The van der Waals surface area contributed by atoms with Gasteiger partial charge in [0.05, 0.1) is 16.9 Å². The van der Waals surface area contributed by atoms with Crippen molar-refractivity contribution < 1.29 is 4.84 Å². The molecule has 1 aliphatic carbocycles. The number of nitrogens with zero attached hydrogens (tertiary/aromatic N) is 5. The number of rotatable bonds is 5. The van der Waals surface area contributed by atoms with Gasteiger partial charge in [0.25, 0.3) is 5.56 Å². The van der Waals surface area contributed by atoms with Crippen molar-refractivity contribution in [2.75, 3.05) is 11.9 Å². The average Bonchev–Trinajstić information content (AvgIpc) is 2.86. The van der Waals surface area contributed by atoms with E-state index in [1.165, 1.54) is 0 Å². The predicted molar refractivity (Wildman–Crippen MR) is 140 cm³/mol. The molecule has 1 saturated carbocycles. The highest BCUT2D eigenvalue weighted by atomic mass is 16.6. The van der Waals surface area contributed by atoms with Crippen molar-refractivity contribution in [1.82, 2.24) is 9.55 Å². The molecule has 4 rings (SSSR count). The second-order valence-electron chi connectivity index (χ2n) is 10.3. The molecule has 1 aliphatic rings. The van der Waals surface area contributed by atoms with Crippen molar-refractivity contribution in [3.05, 3.63) is 70.1 Å². The molecule has 0 N–H and O–H groups in total. The Labute approximate surface area is 206 Å². The molecule has 0 unspecified atom stereocenters. The molecule has 0 bridgehead atoms. The van der Waals surface area contributed by atoms with Crippen molar-refractivity contribution in [3.8, 4) is 6.07 Å². The van der Waals surface area contributed by atoms with Crippen LogP contribution in [-0.2, 0) is 11.9 Å². The number of pyridine rings is 2. The van der Waals surface area contributed by atoms with Crippen molar-refractivity contribution in [3.63, 3.8) is 0 Å². The van der Waals surface area contributed by atoms with Crippen LogP contribution in [0.5, 0.6) is 0 Å². The van der Waals surface area contributed by atoms with E-state index in [-0.39, 0.29) is 17.2 Å². The highest BCUT2D eigenvalue weighted by Crippen LogP contribution is 2.34. The van der Waals surface area contributed by atoms with E-state index in [0.29, 0.717) is 17.1 Å². The van der Waals surface area contributed by atoms with Crippen molar-refractivity contribution in [2.24, 2.45) is 18.1 Å². The molecule has 0 atom stereocenters. The van der Waals surface area contributed by atoms with Crippen LogP contribution in [0.4, 0.5) is 5.69 Å². The average molecular weight is 472 g/mol. The van der Waals surface area contributed by atoms with E-state index < -0.39 is 0 Å². The van der Waals surface area contributed by atoms with Gasteiger partial charge in [0.1, 0.15) is 22.9 Å². The largest absolute Gasteiger partial charge is 0.390 e. The fraction of sp³-hybridized carbons (Fsp3) is 0.429. The zero-order valence-electron chi connectivity index (χ0n) is 21.2. The molecule has 0 amide bonds.